The van der Waals surface area contributed by atoms with Gasteiger partial charge in [-0.3, -0.25) is 4.79 Å². The van der Waals surface area contributed by atoms with Crippen molar-refractivity contribution in [3.63, 3.8) is 0 Å². The summed E-state index contributed by atoms with van der Waals surface area (Å²) in [7, 11) is 0. The van der Waals surface area contributed by atoms with Crippen molar-refractivity contribution < 1.29 is 24.2 Å². The van der Waals surface area contributed by atoms with E-state index >= 15 is 0 Å². The second-order valence-corrected chi connectivity index (χ2v) is 7.57. The number of anilines is 1. The monoisotopic (exact) mass is 410 g/mol. The Bertz CT molecular complexity index is 980. The number of likely N-dealkylation sites (tertiary alicyclic amines) is 1. The molecule has 7 heteroatoms. The van der Waals surface area contributed by atoms with Crippen LogP contribution in [0.25, 0.3) is 0 Å². The number of hydrogen-bond acceptors (Lipinski definition) is 4. The van der Waals surface area contributed by atoms with Crippen molar-refractivity contribution in [3.05, 3.63) is 59.2 Å². The van der Waals surface area contributed by atoms with E-state index in [1.807, 2.05) is 39.8 Å². The molecule has 158 valence electrons. The first kappa shape index (κ1) is 21.4. The number of nitrogens with one attached hydrogen (secondary N) is 1. The van der Waals surface area contributed by atoms with Crippen LogP contribution in [0.5, 0.6) is 5.75 Å². The number of ether oxygens (including phenoxy) is 1. The Morgan fingerprint density at radius 2 is 1.70 bits per heavy atom. The van der Waals surface area contributed by atoms with Crippen LogP contribution >= 0.6 is 0 Å². The molecule has 1 heterocycles. The van der Waals surface area contributed by atoms with Crippen molar-refractivity contribution >= 4 is 23.6 Å². The van der Waals surface area contributed by atoms with Crippen molar-refractivity contribution in [3.8, 4) is 5.75 Å². The highest BCUT2D eigenvalue weighted by molar-refractivity contribution is 6.07. The van der Waals surface area contributed by atoms with Gasteiger partial charge in [0, 0.05) is 5.69 Å². The van der Waals surface area contributed by atoms with Crippen molar-refractivity contribution in [2.75, 3.05) is 5.32 Å². The molecule has 0 aliphatic carbocycles. The Morgan fingerprint density at radius 1 is 1.07 bits per heavy atom. The summed E-state index contributed by atoms with van der Waals surface area (Å²) in [6.45, 7) is 7.72. The number of benzene rings is 2. The highest BCUT2D eigenvalue weighted by Gasteiger charge is 2.62. The summed E-state index contributed by atoms with van der Waals surface area (Å²) in [5, 5.41) is 11.8. The van der Waals surface area contributed by atoms with E-state index in [1.54, 1.807) is 6.07 Å². The van der Waals surface area contributed by atoms with Crippen LogP contribution < -0.4 is 10.1 Å². The lowest BCUT2D eigenvalue weighted by Crippen LogP contribution is -2.73. The summed E-state index contributed by atoms with van der Waals surface area (Å²) in [6, 6.07) is 10.9. The Hall–Kier alpha value is -3.35. The smallest absolute Gasteiger partial charge is 0.335 e. The lowest BCUT2D eigenvalue weighted by atomic mass is 9.72. The topological polar surface area (TPSA) is 95.9 Å². The maximum Gasteiger partial charge on any atom is 0.335 e. The fourth-order valence-electron chi connectivity index (χ4n) is 3.71. The number of aryl methyl sites for hydroxylation is 2. The van der Waals surface area contributed by atoms with Crippen LogP contribution in [-0.2, 0) is 4.79 Å². The lowest BCUT2D eigenvalue weighted by Gasteiger charge is -2.53. The number of β-lactam (4-membered cyclic amide) rings is 1. The van der Waals surface area contributed by atoms with Gasteiger partial charge in [0.15, 0.2) is 6.23 Å². The molecule has 0 spiro atoms. The van der Waals surface area contributed by atoms with Crippen LogP contribution in [0.1, 0.15) is 48.2 Å². The summed E-state index contributed by atoms with van der Waals surface area (Å²) in [4.78, 5) is 38.0. The third kappa shape index (κ3) is 3.63. The van der Waals surface area contributed by atoms with E-state index in [9.17, 15) is 14.4 Å². The first-order valence-electron chi connectivity index (χ1n) is 9.95. The molecule has 1 aliphatic rings. The van der Waals surface area contributed by atoms with Gasteiger partial charge >= 0.3 is 12.0 Å². The van der Waals surface area contributed by atoms with Crippen LogP contribution in [0, 0.1) is 19.3 Å². The molecular weight excluding hydrogens is 384 g/mol. The molecule has 3 amide bonds. The lowest BCUT2D eigenvalue weighted by molar-refractivity contribution is -0.190. The van der Waals surface area contributed by atoms with E-state index < -0.39 is 23.6 Å². The molecule has 0 saturated carbocycles. The number of carboxylic acid groups (broad SMARTS) is 1. The van der Waals surface area contributed by atoms with Gasteiger partial charge in [0.2, 0.25) is 5.91 Å². The first-order chi connectivity index (χ1) is 14.2. The minimum absolute atomic E-state index is 0.133. The number of rotatable bonds is 6. The number of amides is 3. The van der Waals surface area contributed by atoms with Crippen LogP contribution in [-0.4, -0.2) is 34.1 Å². The quantitative estimate of drug-likeness (QED) is 0.679. The van der Waals surface area contributed by atoms with E-state index in [2.05, 4.69) is 5.32 Å². The Balaban J connectivity index is 1.84. The zero-order chi connectivity index (χ0) is 22.1. The minimum Gasteiger partial charge on any atom is -0.478 e. The van der Waals surface area contributed by atoms with Crippen LogP contribution in [0.3, 0.4) is 0 Å². The van der Waals surface area contributed by atoms with E-state index in [4.69, 9.17) is 9.84 Å². The molecule has 30 heavy (non-hydrogen) atoms. The van der Waals surface area contributed by atoms with Crippen molar-refractivity contribution in [1.82, 2.24) is 4.90 Å². The minimum atomic E-state index is -1.04. The van der Waals surface area contributed by atoms with Crippen LogP contribution in [0.15, 0.2) is 42.5 Å². The molecule has 2 N–H and O–H groups in total. The number of hydrogen-bond donors (Lipinski definition) is 2. The van der Waals surface area contributed by atoms with Gasteiger partial charge < -0.3 is 15.2 Å². The molecule has 7 nitrogen and oxygen atoms in total. The number of carbonyl (C=O) groups is 3. The van der Waals surface area contributed by atoms with Crippen molar-refractivity contribution in [2.45, 2.75) is 46.8 Å². The molecule has 1 aliphatic heterocycles. The summed E-state index contributed by atoms with van der Waals surface area (Å²) >= 11 is 0. The van der Waals surface area contributed by atoms with Gasteiger partial charge in [-0.15, -0.1) is 0 Å². The normalized spacial score (nSPS) is 17.3. The first-order valence-corrected chi connectivity index (χ1v) is 9.95. The van der Waals surface area contributed by atoms with Gasteiger partial charge in [0.25, 0.3) is 0 Å². The standard InChI is InChI=1S/C23H26N2O5/c1-5-23(6-2)20(28)25(22(29)24-17-10-7-14(3)15(4)13-17)21(23)30-18-11-8-16(9-12-18)19(26)27/h7-13,21H,5-6H2,1-4H3,(H,24,29)(H,26,27). The third-order valence-corrected chi connectivity index (χ3v) is 5.94. The molecule has 1 atom stereocenters. The number of carboxylic acids is 1. The van der Waals surface area contributed by atoms with Gasteiger partial charge in [-0.1, -0.05) is 19.9 Å². The predicted molar refractivity (Wildman–Crippen MR) is 113 cm³/mol. The molecule has 1 unspecified atom stereocenters. The molecule has 3 rings (SSSR count). The highest BCUT2D eigenvalue weighted by Crippen LogP contribution is 2.46. The van der Waals surface area contributed by atoms with Crippen molar-refractivity contribution in [2.24, 2.45) is 5.41 Å². The average molecular weight is 410 g/mol. The molecule has 0 bridgehead atoms. The second-order valence-electron chi connectivity index (χ2n) is 7.57. The highest BCUT2D eigenvalue weighted by atomic mass is 16.5. The fraction of sp³-hybridized carbons (Fsp3) is 0.348. The SMILES string of the molecule is CCC1(CC)C(=O)N(C(=O)Nc2ccc(C)c(C)c2)C1Oc1ccc(C(=O)O)cc1. The van der Waals surface area contributed by atoms with Gasteiger partial charge in [0.1, 0.15) is 11.2 Å². The molecule has 1 fully saturated rings. The van der Waals surface area contributed by atoms with Crippen LogP contribution in [0.4, 0.5) is 10.5 Å². The zero-order valence-electron chi connectivity index (χ0n) is 17.6. The zero-order valence-corrected chi connectivity index (χ0v) is 17.6. The average Bonchev–Trinajstić information content (AvgIpc) is 2.72. The van der Waals surface area contributed by atoms with Gasteiger partial charge in [-0.2, -0.15) is 0 Å². The molecule has 0 aromatic heterocycles. The van der Waals surface area contributed by atoms with E-state index in [0.717, 1.165) is 16.0 Å². The van der Waals surface area contributed by atoms with Gasteiger partial charge in [-0.05, 0) is 74.2 Å². The summed E-state index contributed by atoms with van der Waals surface area (Å²) in [5.41, 5.74) is 2.08. The van der Waals surface area contributed by atoms with Gasteiger partial charge in [-0.25, -0.2) is 14.5 Å². The Kier molecular flexibility index (Phi) is 5.82. The van der Waals surface area contributed by atoms with Crippen molar-refractivity contribution in [1.29, 1.82) is 0 Å². The maximum absolute atomic E-state index is 12.9. The molecule has 2 aromatic rings. The van der Waals surface area contributed by atoms with E-state index in [1.165, 1.54) is 24.3 Å². The predicted octanol–water partition coefficient (Wildman–Crippen LogP) is 4.59. The number of imide groups is 1. The summed E-state index contributed by atoms with van der Waals surface area (Å²) < 4.78 is 6.02. The number of carbonyl (C=O) groups excluding carboxylic acids is 2. The fourth-order valence-corrected chi connectivity index (χ4v) is 3.71. The number of urea groups is 1. The molecular formula is C23H26N2O5. The largest absolute Gasteiger partial charge is 0.478 e. The van der Waals surface area contributed by atoms with E-state index in [-0.39, 0.29) is 11.5 Å². The maximum atomic E-state index is 12.9. The van der Waals surface area contributed by atoms with Crippen LogP contribution in [0.2, 0.25) is 0 Å². The van der Waals surface area contributed by atoms with Gasteiger partial charge in [0.05, 0.1) is 5.56 Å². The second kappa shape index (κ2) is 8.18. The Labute approximate surface area is 175 Å². The number of aromatic carboxylic acids is 1. The number of nitrogens with zero attached hydrogens (tertiary/aromatic N) is 1. The summed E-state index contributed by atoms with van der Waals surface area (Å²) in [6.07, 6.45) is 0.267. The third-order valence-electron chi connectivity index (χ3n) is 5.94. The van der Waals surface area contributed by atoms with E-state index in [0.29, 0.717) is 24.3 Å². The molecule has 1 saturated heterocycles. The Morgan fingerprint density at radius 3 is 2.23 bits per heavy atom. The molecule has 2 aromatic carbocycles. The molecule has 0 radical (unpaired) electrons. The summed E-state index contributed by atoms with van der Waals surface area (Å²) in [5.74, 6) is -0.917.